The largest absolute Gasteiger partial charge is 0.496 e. The number of hydrogen-bond acceptors (Lipinski definition) is 4. The van der Waals surface area contributed by atoms with Gasteiger partial charge < -0.3 is 14.4 Å². The van der Waals surface area contributed by atoms with Crippen LogP contribution < -0.4 is 4.74 Å². The second kappa shape index (κ2) is 7.08. The van der Waals surface area contributed by atoms with Gasteiger partial charge in [0.1, 0.15) is 11.4 Å². The molecule has 4 rings (SSSR count). The molecule has 2 aliphatic rings. The van der Waals surface area contributed by atoms with Crippen molar-refractivity contribution in [2.45, 2.75) is 31.3 Å². The van der Waals surface area contributed by atoms with Crippen molar-refractivity contribution in [1.82, 2.24) is 9.88 Å². The second-order valence-corrected chi connectivity index (χ2v) is 7.01. The minimum Gasteiger partial charge on any atom is -0.496 e. The van der Waals surface area contributed by atoms with Crippen molar-refractivity contribution in [3.05, 3.63) is 59.4 Å². The predicted molar refractivity (Wildman–Crippen MR) is 98.1 cm³/mol. The zero-order valence-corrected chi connectivity index (χ0v) is 15.1. The highest BCUT2D eigenvalue weighted by atomic mass is 16.5. The molecule has 0 atom stereocenters. The summed E-state index contributed by atoms with van der Waals surface area (Å²) in [7, 11) is 1.71. The number of fused-ring (bicyclic) bond motifs is 2. The van der Waals surface area contributed by atoms with E-state index < -0.39 is 0 Å². The van der Waals surface area contributed by atoms with Crippen LogP contribution in [0.3, 0.4) is 0 Å². The molecular weight excluding hydrogens is 328 g/mol. The van der Waals surface area contributed by atoms with E-state index in [9.17, 15) is 4.79 Å². The summed E-state index contributed by atoms with van der Waals surface area (Å²) in [5, 5.41) is 0. The SMILES string of the molecule is COc1cccc2c1C1(CCN(C(=O)Cc3cccnc3)CC1)OCC2. The molecule has 0 radical (unpaired) electrons. The van der Waals surface area contributed by atoms with Gasteiger partial charge in [0.2, 0.25) is 5.91 Å². The van der Waals surface area contributed by atoms with Crippen molar-refractivity contribution in [3.63, 3.8) is 0 Å². The molecule has 136 valence electrons. The Morgan fingerprint density at radius 3 is 2.85 bits per heavy atom. The van der Waals surface area contributed by atoms with Crippen LogP contribution in [0.1, 0.15) is 29.5 Å². The third kappa shape index (κ3) is 3.07. The fraction of sp³-hybridized carbons (Fsp3) is 0.429. The summed E-state index contributed by atoms with van der Waals surface area (Å²) in [5.74, 6) is 1.06. The van der Waals surface area contributed by atoms with Crippen LogP contribution in [0.2, 0.25) is 0 Å². The van der Waals surface area contributed by atoms with Crippen LogP contribution in [-0.2, 0) is 28.0 Å². The average Bonchev–Trinajstić information content (AvgIpc) is 2.69. The van der Waals surface area contributed by atoms with E-state index >= 15 is 0 Å². The molecule has 5 heteroatoms. The Balaban J connectivity index is 1.50. The molecule has 1 amide bonds. The van der Waals surface area contributed by atoms with Crippen molar-refractivity contribution in [2.75, 3.05) is 26.8 Å². The summed E-state index contributed by atoms with van der Waals surface area (Å²) < 4.78 is 11.9. The molecule has 26 heavy (non-hydrogen) atoms. The first-order valence-corrected chi connectivity index (χ1v) is 9.19. The number of amides is 1. The van der Waals surface area contributed by atoms with Crippen molar-refractivity contribution >= 4 is 5.91 Å². The normalized spacial score (nSPS) is 18.4. The number of likely N-dealkylation sites (tertiary alicyclic amines) is 1. The zero-order valence-electron chi connectivity index (χ0n) is 15.1. The van der Waals surface area contributed by atoms with Crippen LogP contribution in [0.15, 0.2) is 42.7 Å². The summed E-state index contributed by atoms with van der Waals surface area (Å²) in [6.07, 6.45) is 6.41. The summed E-state index contributed by atoms with van der Waals surface area (Å²) >= 11 is 0. The quantitative estimate of drug-likeness (QED) is 0.852. The van der Waals surface area contributed by atoms with Crippen LogP contribution in [-0.4, -0.2) is 42.6 Å². The van der Waals surface area contributed by atoms with Gasteiger partial charge >= 0.3 is 0 Å². The number of nitrogens with zero attached hydrogens (tertiary/aromatic N) is 2. The Kier molecular flexibility index (Phi) is 4.64. The van der Waals surface area contributed by atoms with Gasteiger partial charge in [-0.05, 0) is 42.5 Å². The van der Waals surface area contributed by atoms with E-state index in [0.717, 1.165) is 37.2 Å². The lowest BCUT2D eigenvalue weighted by atomic mass is 9.78. The summed E-state index contributed by atoms with van der Waals surface area (Å²) in [4.78, 5) is 18.7. The average molecular weight is 352 g/mol. The van der Waals surface area contributed by atoms with Crippen LogP contribution in [0.5, 0.6) is 5.75 Å². The molecule has 0 N–H and O–H groups in total. The minimum atomic E-state index is -0.328. The fourth-order valence-corrected chi connectivity index (χ4v) is 4.20. The van der Waals surface area contributed by atoms with Crippen LogP contribution >= 0.6 is 0 Å². The molecule has 1 saturated heterocycles. The van der Waals surface area contributed by atoms with Gasteiger partial charge in [-0.3, -0.25) is 9.78 Å². The Morgan fingerprint density at radius 1 is 1.27 bits per heavy atom. The summed E-state index contributed by atoms with van der Waals surface area (Å²) in [6, 6.07) is 10.0. The number of pyridine rings is 1. The van der Waals surface area contributed by atoms with E-state index in [4.69, 9.17) is 9.47 Å². The lowest BCUT2D eigenvalue weighted by Gasteiger charge is -2.45. The maximum atomic E-state index is 12.6. The van der Waals surface area contributed by atoms with Crippen LogP contribution in [0.4, 0.5) is 0 Å². The number of benzene rings is 1. The first kappa shape index (κ1) is 17.0. The van der Waals surface area contributed by atoms with Gasteiger partial charge in [0, 0.05) is 31.0 Å². The monoisotopic (exact) mass is 352 g/mol. The predicted octanol–water partition coefficient (Wildman–Crippen LogP) is 2.72. The van der Waals surface area contributed by atoms with E-state index in [-0.39, 0.29) is 11.5 Å². The first-order valence-electron chi connectivity index (χ1n) is 9.19. The zero-order chi connectivity index (χ0) is 18.0. The highest BCUT2D eigenvalue weighted by molar-refractivity contribution is 5.78. The number of rotatable bonds is 3. The van der Waals surface area contributed by atoms with E-state index in [1.54, 1.807) is 19.5 Å². The number of hydrogen-bond donors (Lipinski definition) is 0. The number of methoxy groups -OCH3 is 1. The van der Waals surface area contributed by atoms with Gasteiger partial charge in [-0.25, -0.2) is 0 Å². The Hall–Kier alpha value is -2.40. The van der Waals surface area contributed by atoms with Gasteiger partial charge in [-0.2, -0.15) is 0 Å². The lowest BCUT2D eigenvalue weighted by Crippen LogP contribution is -2.48. The van der Waals surface area contributed by atoms with Crippen molar-refractivity contribution in [1.29, 1.82) is 0 Å². The molecular formula is C21H24N2O3. The molecule has 0 unspecified atom stereocenters. The maximum Gasteiger partial charge on any atom is 0.227 e. The lowest BCUT2D eigenvalue weighted by molar-refractivity contribution is -0.140. The minimum absolute atomic E-state index is 0.156. The van der Waals surface area contributed by atoms with E-state index in [0.29, 0.717) is 19.5 Å². The van der Waals surface area contributed by atoms with E-state index in [2.05, 4.69) is 11.1 Å². The highest BCUT2D eigenvalue weighted by Crippen LogP contribution is 2.45. The van der Waals surface area contributed by atoms with Gasteiger partial charge in [-0.1, -0.05) is 18.2 Å². The molecule has 0 saturated carbocycles. The molecule has 1 aromatic carbocycles. The smallest absolute Gasteiger partial charge is 0.227 e. The maximum absolute atomic E-state index is 12.6. The summed E-state index contributed by atoms with van der Waals surface area (Å²) in [5.41, 5.74) is 3.13. The Bertz CT molecular complexity index is 769. The van der Waals surface area contributed by atoms with E-state index in [1.807, 2.05) is 29.2 Å². The molecule has 0 bridgehead atoms. The van der Waals surface area contributed by atoms with Gasteiger partial charge in [0.05, 0.1) is 20.1 Å². The van der Waals surface area contributed by atoms with Crippen LogP contribution in [0, 0.1) is 0 Å². The highest BCUT2D eigenvalue weighted by Gasteiger charge is 2.43. The summed E-state index contributed by atoms with van der Waals surface area (Å²) in [6.45, 7) is 2.14. The molecule has 2 aliphatic heterocycles. The fourth-order valence-electron chi connectivity index (χ4n) is 4.20. The van der Waals surface area contributed by atoms with Crippen molar-refractivity contribution < 1.29 is 14.3 Å². The second-order valence-electron chi connectivity index (χ2n) is 7.01. The Labute approximate surface area is 153 Å². The molecule has 0 aliphatic carbocycles. The molecule has 5 nitrogen and oxygen atoms in total. The number of carbonyl (C=O) groups excluding carboxylic acids is 1. The first-order chi connectivity index (χ1) is 12.7. The standard InChI is InChI=1S/C21H24N2O3/c1-25-18-6-2-5-17-7-13-26-21(20(17)18)8-11-23(12-9-21)19(24)14-16-4-3-10-22-15-16/h2-6,10,15H,7-9,11-14H2,1H3. The number of aromatic nitrogens is 1. The van der Waals surface area contributed by atoms with Crippen molar-refractivity contribution in [2.24, 2.45) is 0 Å². The van der Waals surface area contributed by atoms with Crippen LogP contribution in [0.25, 0.3) is 0 Å². The molecule has 3 heterocycles. The van der Waals surface area contributed by atoms with Gasteiger partial charge in [0.25, 0.3) is 0 Å². The van der Waals surface area contributed by atoms with Gasteiger partial charge in [0.15, 0.2) is 0 Å². The van der Waals surface area contributed by atoms with Crippen molar-refractivity contribution in [3.8, 4) is 5.75 Å². The molecule has 2 aromatic rings. The molecule has 1 spiro atoms. The number of ether oxygens (including phenoxy) is 2. The Morgan fingerprint density at radius 2 is 2.12 bits per heavy atom. The number of carbonyl (C=O) groups is 1. The topological polar surface area (TPSA) is 51.7 Å². The van der Waals surface area contributed by atoms with E-state index in [1.165, 1.54) is 11.1 Å². The third-order valence-corrected chi connectivity index (χ3v) is 5.54. The third-order valence-electron chi connectivity index (χ3n) is 5.54. The van der Waals surface area contributed by atoms with Gasteiger partial charge in [-0.15, -0.1) is 0 Å². The molecule has 1 fully saturated rings. The molecule has 1 aromatic heterocycles. The number of piperidine rings is 1.